The molecule has 1 unspecified atom stereocenters. The van der Waals surface area contributed by atoms with Crippen molar-refractivity contribution in [3.05, 3.63) is 73.2 Å². The number of rotatable bonds is 5. The van der Waals surface area contributed by atoms with E-state index in [1.165, 1.54) is 0 Å². The molecule has 1 fully saturated rings. The Bertz CT molecular complexity index is 1190. The number of carbonyl (C=O) groups excluding carboxylic acids is 1. The van der Waals surface area contributed by atoms with Gasteiger partial charge in [-0.05, 0) is 42.7 Å². The van der Waals surface area contributed by atoms with Gasteiger partial charge in [-0.25, -0.2) is 14.8 Å². The summed E-state index contributed by atoms with van der Waals surface area (Å²) >= 11 is 0. The zero-order chi connectivity index (χ0) is 21.0. The minimum atomic E-state index is -0.0565. The molecule has 0 aliphatic carbocycles. The maximum atomic E-state index is 12.5. The zero-order valence-electron chi connectivity index (χ0n) is 17.0. The molecule has 2 aromatic heterocycles. The highest BCUT2D eigenvalue weighted by atomic mass is 16.2. The van der Waals surface area contributed by atoms with Gasteiger partial charge < -0.3 is 15.5 Å². The van der Waals surface area contributed by atoms with Crippen molar-refractivity contribution in [3.63, 3.8) is 0 Å². The third kappa shape index (κ3) is 4.18. The van der Waals surface area contributed by atoms with Crippen molar-refractivity contribution < 1.29 is 4.79 Å². The number of para-hydroxylation sites is 3. The van der Waals surface area contributed by atoms with E-state index in [0.717, 1.165) is 35.5 Å². The number of imidazole rings is 1. The number of hydrogen-bond donors (Lipinski definition) is 2. The van der Waals surface area contributed by atoms with Crippen LogP contribution in [0.5, 0.6) is 0 Å². The van der Waals surface area contributed by atoms with Gasteiger partial charge in [0.15, 0.2) is 0 Å². The Labute approximate surface area is 180 Å². The highest BCUT2D eigenvalue weighted by Gasteiger charge is 2.26. The molecule has 3 heterocycles. The summed E-state index contributed by atoms with van der Waals surface area (Å²) in [4.78, 5) is 27.8. The lowest BCUT2D eigenvalue weighted by Gasteiger charge is -2.17. The van der Waals surface area contributed by atoms with Crippen LogP contribution in [-0.4, -0.2) is 50.1 Å². The van der Waals surface area contributed by atoms with Gasteiger partial charge in [0.25, 0.3) is 0 Å². The Hall–Kier alpha value is -3.94. The monoisotopic (exact) mass is 413 g/mol. The largest absolute Gasteiger partial charge is 0.354 e. The van der Waals surface area contributed by atoms with E-state index >= 15 is 0 Å². The van der Waals surface area contributed by atoms with Gasteiger partial charge in [-0.3, -0.25) is 4.57 Å². The number of nitrogens with zero attached hydrogens (tertiary/aromatic N) is 5. The van der Waals surface area contributed by atoms with E-state index in [2.05, 4.69) is 25.6 Å². The van der Waals surface area contributed by atoms with Crippen LogP contribution >= 0.6 is 0 Å². The van der Waals surface area contributed by atoms with Crippen LogP contribution in [0.15, 0.2) is 73.2 Å². The topological polar surface area (TPSA) is 88.0 Å². The van der Waals surface area contributed by atoms with Gasteiger partial charge >= 0.3 is 6.03 Å². The normalized spacial score (nSPS) is 15.9. The van der Waals surface area contributed by atoms with Gasteiger partial charge in [-0.2, -0.15) is 4.98 Å². The average molecular weight is 413 g/mol. The van der Waals surface area contributed by atoms with Crippen molar-refractivity contribution in [2.75, 3.05) is 30.3 Å². The summed E-state index contributed by atoms with van der Waals surface area (Å²) in [7, 11) is 0. The summed E-state index contributed by atoms with van der Waals surface area (Å²) in [5, 5.41) is 6.28. The van der Waals surface area contributed by atoms with E-state index in [9.17, 15) is 4.79 Å². The molecule has 4 aromatic rings. The Kier molecular flexibility index (Phi) is 5.18. The van der Waals surface area contributed by atoms with E-state index in [0.29, 0.717) is 25.0 Å². The summed E-state index contributed by atoms with van der Waals surface area (Å²) in [6, 6.07) is 19.3. The minimum absolute atomic E-state index is 0.0565. The molecule has 156 valence electrons. The predicted molar refractivity (Wildman–Crippen MR) is 120 cm³/mol. The van der Waals surface area contributed by atoms with Crippen LogP contribution in [0.1, 0.15) is 6.42 Å². The lowest BCUT2D eigenvalue weighted by Crippen LogP contribution is -2.33. The summed E-state index contributed by atoms with van der Waals surface area (Å²) in [6.45, 7) is 2.16. The van der Waals surface area contributed by atoms with Crippen LogP contribution in [0.4, 0.5) is 16.4 Å². The first kappa shape index (κ1) is 19.0. The van der Waals surface area contributed by atoms with Gasteiger partial charge in [0.1, 0.15) is 12.1 Å². The second-order valence-corrected chi connectivity index (χ2v) is 7.62. The van der Waals surface area contributed by atoms with Crippen molar-refractivity contribution in [1.82, 2.24) is 24.4 Å². The molecule has 2 amide bonds. The highest BCUT2D eigenvalue weighted by molar-refractivity contribution is 5.89. The summed E-state index contributed by atoms with van der Waals surface area (Å²) in [5.41, 5.74) is 2.74. The van der Waals surface area contributed by atoms with Crippen LogP contribution in [0.2, 0.25) is 0 Å². The zero-order valence-corrected chi connectivity index (χ0v) is 17.0. The fourth-order valence-corrected chi connectivity index (χ4v) is 3.85. The van der Waals surface area contributed by atoms with E-state index < -0.39 is 0 Å². The number of fused-ring (bicyclic) bond motifs is 1. The fourth-order valence-electron chi connectivity index (χ4n) is 3.85. The van der Waals surface area contributed by atoms with Crippen molar-refractivity contribution >= 4 is 28.7 Å². The number of benzene rings is 2. The maximum Gasteiger partial charge on any atom is 0.321 e. The number of nitrogens with one attached hydrogen (secondary N) is 2. The predicted octanol–water partition coefficient (Wildman–Crippen LogP) is 3.78. The standard InChI is InChI=1S/C23H23N7O/c31-23(27-18-6-2-1-3-7-18)29-13-11-17(15-29)14-25-22-24-12-10-21(28-22)30-16-26-19-8-4-5-9-20(19)30/h1-10,12,16-17H,11,13-15H2,(H,27,31)(H,24,25,28). The van der Waals surface area contributed by atoms with Gasteiger partial charge in [0, 0.05) is 31.5 Å². The fraction of sp³-hybridized carbons (Fsp3) is 0.217. The minimum Gasteiger partial charge on any atom is -0.354 e. The van der Waals surface area contributed by atoms with Crippen molar-refractivity contribution in [2.24, 2.45) is 5.92 Å². The quantitative estimate of drug-likeness (QED) is 0.520. The van der Waals surface area contributed by atoms with Crippen LogP contribution in [-0.2, 0) is 0 Å². The Morgan fingerprint density at radius 2 is 1.87 bits per heavy atom. The van der Waals surface area contributed by atoms with E-state index in [-0.39, 0.29) is 6.03 Å². The first-order chi connectivity index (χ1) is 15.3. The van der Waals surface area contributed by atoms with E-state index in [1.54, 1.807) is 12.5 Å². The molecule has 5 rings (SSSR count). The summed E-state index contributed by atoms with van der Waals surface area (Å²) in [5.74, 6) is 1.69. The summed E-state index contributed by atoms with van der Waals surface area (Å²) < 4.78 is 1.95. The van der Waals surface area contributed by atoms with Gasteiger partial charge in [-0.15, -0.1) is 0 Å². The number of anilines is 2. The number of likely N-dealkylation sites (tertiary alicyclic amines) is 1. The molecule has 0 spiro atoms. The van der Waals surface area contributed by atoms with Gasteiger partial charge in [0.2, 0.25) is 5.95 Å². The highest BCUT2D eigenvalue weighted by Crippen LogP contribution is 2.20. The van der Waals surface area contributed by atoms with Crippen LogP contribution in [0, 0.1) is 5.92 Å². The molecule has 1 atom stereocenters. The molecular formula is C23H23N7O. The second-order valence-electron chi connectivity index (χ2n) is 7.62. The Morgan fingerprint density at radius 3 is 2.77 bits per heavy atom. The summed E-state index contributed by atoms with van der Waals surface area (Å²) in [6.07, 6.45) is 4.46. The number of urea groups is 1. The Morgan fingerprint density at radius 1 is 1.03 bits per heavy atom. The molecule has 0 saturated carbocycles. The molecule has 0 radical (unpaired) electrons. The van der Waals surface area contributed by atoms with E-state index in [4.69, 9.17) is 0 Å². The van der Waals surface area contributed by atoms with Crippen LogP contribution < -0.4 is 10.6 Å². The number of hydrogen-bond acceptors (Lipinski definition) is 5. The molecule has 0 bridgehead atoms. The van der Waals surface area contributed by atoms with Crippen molar-refractivity contribution in [3.8, 4) is 5.82 Å². The van der Waals surface area contributed by atoms with Crippen LogP contribution in [0.3, 0.4) is 0 Å². The maximum absolute atomic E-state index is 12.5. The molecule has 2 N–H and O–H groups in total. The molecule has 1 aliphatic rings. The Balaban J connectivity index is 1.19. The lowest BCUT2D eigenvalue weighted by molar-refractivity contribution is 0.221. The molecule has 1 saturated heterocycles. The van der Waals surface area contributed by atoms with Crippen molar-refractivity contribution in [2.45, 2.75) is 6.42 Å². The molecule has 31 heavy (non-hydrogen) atoms. The molecule has 1 aliphatic heterocycles. The second kappa shape index (κ2) is 8.43. The van der Waals surface area contributed by atoms with Gasteiger partial charge in [0.05, 0.1) is 11.0 Å². The third-order valence-corrected chi connectivity index (χ3v) is 5.49. The smallest absolute Gasteiger partial charge is 0.321 e. The third-order valence-electron chi connectivity index (χ3n) is 5.49. The van der Waals surface area contributed by atoms with E-state index in [1.807, 2.05) is 70.1 Å². The molecule has 8 heteroatoms. The number of amides is 2. The lowest BCUT2D eigenvalue weighted by atomic mass is 10.1. The molecule has 2 aromatic carbocycles. The molecular weight excluding hydrogens is 390 g/mol. The van der Waals surface area contributed by atoms with Crippen LogP contribution in [0.25, 0.3) is 16.9 Å². The first-order valence-electron chi connectivity index (χ1n) is 10.4. The van der Waals surface area contributed by atoms with Gasteiger partial charge in [-0.1, -0.05) is 30.3 Å². The number of aromatic nitrogens is 4. The number of carbonyl (C=O) groups is 1. The average Bonchev–Trinajstić information content (AvgIpc) is 3.46. The molecule has 8 nitrogen and oxygen atoms in total. The van der Waals surface area contributed by atoms with Crippen molar-refractivity contribution in [1.29, 1.82) is 0 Å². The first-order valence-corrected chi connectivity index (χ1v) is 10.4. The SMILES string of the molecule is O=C(Nc1ccccc1)N1CCC(CNc2nccc(-n3cnc4ccccc43)n2)C1.